The van der Waals surface area contributed by atoms with Gasteiger partial charge in [-0.3, -0.25) is 9.59 Å². The Morgan fingerprint density at radius 1 is 1.33 bits per heavy atom. The van der Waals surface area contributed by atoms with Gasteiger partial charge in [-0.15, -0.1) is 0 Å². The summed E-state index contributed by atoms with van der Waals surface area (Å²) in [5.74, 6) is 1.19. The summed E-state index contributed by atoms with van der Waals surface area (Å²) in [6.45, 7) is 1.54. The number of para-hydroxylation sites is 2. The number of hydrogen-bond acceptors (Lipinski definition) is 4. The maximum Gasteiger partial charge on any atom is 0.239 e. The zero-order valence-corrected chi connectivity index (χ0v) is 12.1. The van der Waals surface area contributed by atoms with Gasteiger partial charge in [0, 0.05) is 13.0 Å². The molecule has 2 amide bonds. The van der Waals surface area contributed by atoms with E-state index >= 15 is 0 Å². The van der Waals surface area contributed by atoms with E-state index in [1.807, 2.05) is 24.3 Å². The molecule has 0 unspecified atom stereocenters. The van der Waals surface area contributed by atoms with Crippen molar-refractivity contribution in [2.75, 3.05) is 33.4 Å². The third kappa shape index (κ3) is 4.37. The maximum atomic E-state index is 11.7. The molecule has 0 spiro atoms. The summed E-state index contributed by atoms with van der Waals surface area (Å²) in [5.41, 5.74) is 0. The number of amides is 2. The fourth-order valence-corrected chi connectivity index (χ4v) is 2.19. The number of nitrogens with zero attached hydrogens (tertiary/aromatic N) is 1. The molecule has 0 saturated carbocycles. The molecule has 1 heterocycles. The number of carbonyl (C=O) groups is 2. The average Bonchev–Trinajstić information content (AvgIpc) is 2.89. The van der Waals surface area contributed by atoms with Gasteiger partial charge >= 0.3 is 0 Å². The predicted octanol–water partition coefficient (Wildman–Crippen LogP) is 0.813. The lowest BCUT2D eigenvalue weighted by atomic mass is 10.3. The Kier molecular flexibility index (Phi) is 5.43. The number of benzene rings is 1. The first-order valence-electron chi connectivity index (χ1n) is 7.01. The van der Waals surface area contributed by atoms with Crippen LogP contribution >= 0.6 is 0 Å². The van der Waals surface area contributed by atoms with Crippen LogP contribution in [0.2, 0.25) is 0 Å². The van der Waals surface area contributed by atoms with Crippen molar-refractivity contribution in [3.8, 4) is 11.5 Å². The molecule has 2 rings (SSSR count). The number of nitrogens with one attached hydrogen (secondary N) is 1. The molecule has 1 fully saturated rings. The summed E-state index contributed by atoms with van der Waals surface area (Å²) >= 11 is 0. The molecule has 6 nitrogen and oxygen atoms in total. The smallest absolute Gasteiger partial charge is 0.239 e. The fraction of sp³-hybridized carbons (Fsp3) is 0.467. The molecule has 0 aromatic heterocycles. The Hall–Kier alpha value is -2.24. The van der Waals surface area contributed by atoms with Crippen molar-refractivity contribution < 1.29 is 19.1 Å². The fourth-order valence-electron chi connectivity index (χ4n) is 2.19. The Labute approximate surface area is 124 Å². The van der Waals surface area contributed by atoms with Gasteiger partial charge in [0.25, 0.3) is 0 Å². The van der Waals surface area contributed by atoms with Crippen molar-refractivity contribution in [1.82, 2.24) is 10.2 Å². The van der Waals surface area contributed by atoms with Crippen molar-refractivity contribution >= 4 is 11.8 Å². The third-order valence-corrected chi connectivity index (χ3v) is 3.26. The normalized spacial score (nSPS) is 14.1. The Bertz CT molecular complexity index is 504. The first-order chi connectivity index (χ1) is 10.2. The van der Waals surface area contributed by atoms with Crippen molar-refractivity contribution in [1.29, 1.82) is 0 Å². The molecule has 0 bridgehead atoms. The van der Waals surface area contributed by atoms with E-state index in [2.05, 4.69) is 5.32 Å². The van der Waals surface area contributed by atoms with Gasteiger partial charge in [0.1, 0.15) is 6.61 Å². The second-order valence-electron chi connectivity index (χ2n) is 4.77. The summed E-state index contributed by atoms with van der Waals surface area (Å²) in [4.78, 5) is 24.7. The molecule has 21 heavy (non-hydrogen) atoms. The zero-order valence-electron chi connectivity index (χ0n) is 12.1. The van der Waals surface area contributed by atoms with Crippen molar-refractivity contribution in [2.24, 2.45) is 0 Å². The number of ether oxygens (including phenoxy) is 2. The summed E-state index contributed by atoms with van der Waals surface area (Å²) < 4.78 is 10.7. The predicted molar refractivity (Wildman–Crippen MR) is 77.3 cm³/mol. The molecule has 1 saturated heterocycles. The highest BCUT2D eigenvalue weighted by atomic mass is 16.5. The van der Waals surface area contributed by atoms with Crippen molar-refractivity contribution in [2.45, 2.75) is 12.8 Å². The van der Waals surface area contributed by atoms with E-state index in [-0.39, 0.29) is 18.4 Å². The zero-order chi connectivity index (χ0) is 15.1. The van der Waals surface area contributed by atoms with Gasteiger partial charge in [-0.2, -0.15) is 0 Å². The van der Waals surface area contributed by atoms with Gasteiger partial charge in [-0.05, 0) is 18.6 Å². The van der Waals surface area contributed by atoms with Crippen LogP contribution in [0.4, 0.5) is 0 Å². The lowest BCUT2D eigenvalue weighted by Crippen LogP contribution is -2.39. The number of methoxy groups -OCH3 is 1. The molecular weight excluding hydrogens is 272 g/mol. The highest BCUT2D eigenvalue weighted by Crippen LogP contribution is 2.25. The van der Waals surface area contributed by atoms with Crippen LogP contribution in [-0.4, -0.2) is 50.1 Å². The lowest BCUT2D eigenvalue weighted by Gasteiger charge is -2.15. The summed E-state index contributed by atoms with van der Waals surface area (Å²) in [7, 11) is 1.58. The minimum absolute atomic E-state index is 0.0513. The molecule has 114 valence electrons. The standard InChI is InChI=1S/C15H20N2O4/c1-20-12-5-2-3-6-13(12)21-10-8-16-14(18)11-17-9-4-7-15(17)19/h2-3,5-6H,4,7-11H2,1H3,(H,16,18). The highest BCUT2D eigenvalue weighted by molar-refractivity contribution is 5.85. The molecular formula is C15H20N2O4. The molecule has 1 aliphatic rings. The Morgan fingerprint density at radius 3 is 2.76 bits per heavy atom. The topological polar surface area (TPSA) is 67.9 Å². The molecule has 0 atom stereocenters. The summed E-state index contributed by atoms with van der Waals surface area (Å²) in [6.07, 6.45) is 1.38. The number of rotatable bonds is 7. The number of likely N-dealkylation sites (tertiary alicyclic amines) is 1. The van der Waals surface area contributed by atoms with Crippen molar-refractivity contribution in [3.63, 3.8) is 0 Å². The molecule has 1 aromatic carbocycles. The van der Waals surface area contributed by atoms with Crippen LogP contribution in [0.25, 0.3) is 0 Å². The van der Waals surface area contributed by atoms with Gasteiger partial charge in [-0.25, -0.2) is 0 Å². The Balaban J connectivity index is 1.67. The van der Waals surface area contributed by atoms with E-state index in [9.17, 15) is 9.59 Å². The second kappa shape index (κ2) is 7.52. The van der Waals surface area contributed by atoms with Crippen LogP contribution in [0.5, 0.6) is 11.5 Å². The van der Waals surface area contributed by atoms with Crippen molar-refractivity contribution in [3.05, 3.63) is 24.3 Å². The molecule has 6 heteroatoms. The highest BCUT2D eigenvalue weighted by Gasteiger charge is 2.21. The molecule has 0 aliphatic carbocycles. The van der Waals surface area contributed by atoms with Gasteiger partial charge in [0.2, 0.25) is 11.8 Å². The van der Waals surface area contributed by atoms with Gasteiger partial charge < -0.3 is 19.7 Å². The van der Waals surface area contributed by atoms with E-state index in [0.717, 1.165) is 6.42 Å². The van der Waals surface area contributed by atoms with Gasteiger partial charge in [0.05, 0.1) is 20.2 Å². The molecule has 1 aliphatic heterocycles. The van der Waals surface area contributed by atoms with E-state index < -0.39 is 0 Å². The summed E-state index contributed by atoms with van der Waals surface area (Å²) in [6, 6.07) is 7.34. The first-order valence-corrected chi connectivity index (χ1v) is 7.01. The van der Waals surface area contributed by atoms with Crippen LogP contribution in [0.15, 0.2) is 24.3 Å². The molecule has 1 aromatic rings. The quantitative estimate of drug-likeness (QED) is 0.755. The minimum atomic E-state index is -0.158. The monoisotopic (exact) mass is 292 g/mol. The van der Waals surface area contributed by atoms with Crippen LogP contribution < -0.4 is 14.8 Å². The van der Waals surface area contributed by atoms with E-state index in [0.29, 0.717) is 37.6 Å². The van der Waals surface area contributed by atoms with E-state index in [1.54, 1.807) is 12.0 Å². The average molecular weight is 292 g/mol. The number of hydrogen-bond donors (Lipinski definition) is 1. The SMILES string of the molecule is COc1ccccc1OCCNC(=O)CN1CCCC1=O. The van der Waals surface area contributed by atoms with Crippen LogP contribution in [-0.2, 0) is 9.59 Å². The van der Waals surface area contributed by atoms with E-state index in [1.165, 1.54) is 0 Å². The van der Waals surface area contributed by atoms with Gasteiger partial charge in [-0.1, -0.05) is 12.1 Å². The summed E-state index contributed by atoms with van der Waals surface area (Å²) in [5, 5.41) is 2.74. The minimum Gasteiger partial charge on any atom is -0.493 e. The van der Waals surface area contributed by atoms with Crippen LogP contribution in [0.3, 0.4) is 0 Å². The first kappa shape index (κ1) is 15.2. The largest absolute Gasteiger partial charge is 0.493 e. The second-order valence-corrected chi connectivity index (χ2v) is 4.77. The Morgan fingerprint density at radius 2 is 2.10 bits per heavy atom. The van der Waals surface area contributed by atoms with Gasteiger partial charge in [0.15, 0.2) is 11.5 Å². The molecule has 1 N–H and O–H groups in total. The molecule has 0 radical (unpaired) electrons. The maximum absolute atomic E-state index is 11.7. The number of carbonyl (C=O) groups excluding carboxylic acids is 2. The third-order valence-electron chi connectivity index (χ3n) is 3.26. The van der Waals surface area contributed by atoms with Crippen LogP contribution in [0, 0.1) is 0 Å². The van der Waals surface area contributed by atoms with E-state index in [4.69, 9.17) is 9.47 Å². The van der Waals surface area contributed by atoms with Crippen LogP contribution in [0.1, 0.15) is 12.8 Å². The lowest BCUT2D eigenvalue weighted by molar-refractivity contribution is -0.133.